The number of carbonyl (C=O) groups excluding carboxylic acids is 2. The zero-order chi connectivity index (χ0) is 21.5. The van der Waals surface area contributed by atoms with Crippen molar-refractivity contribution in [3.63, 3.8) is 0 Å². The number of amides is 1. The molecule has 158 valence electrons. The van der Waals surface area contributed by atoms with Crippen LogP contribution in [0.3, 0.4) is 0 Å². The molecule has 1 atom stereocenters. The summed E-state index contributed by atoms with van der Waals surface area (Å²) in [6.07, 6.45) is 3.01. The van der Waals surface area contributed by atoms with Gasteiger partial charge in [-0.2, -0.15) is 0 Å². The van der Waals surface area contributed by atoms with Gasteiger partial charge in [-0.3, -0.25) is 19.1 Å². The van der Waals surface area contributed by atoms with Crippen LogP contribution in [-0.4, -0.2) is 41.4 Å². The molecule has 4 aromatic rings. The summed E-state index contributed by atoms with van der Waals surface area (Å²) in [5.74, 6) is 0.352. The number of para-hydroxylation sites is 1. The Morgan fingerprint density at radius 3 is 2.61 bits per heavy atom. The number of nitrogens with one attached hydrogen (secondary N) is 1. The summed E-state index contributed by atoms with van der Waals surface area (Å²) < 4.78 is 2.91. The zero-order valence-electron chi connectivity index (χ0n) is 17.7. The van der Waals surface area contributed by atoms with Gasteiger partial charge in [0, 0.05) is 49.3 Å². The lowest BCUT2D eigenvalue weighted by Gasteiger charge is -2.16. The number of fused-ring (bicyclic) bond motifs is 2. The summed E-state index contributed by atoms with van der Waals surface area (Å²) in [6.45, 7) is 4.28. The van der Waals surface area contributed by atoms with Crippen LogP contribution >= 0.6 is 11.3 Å². The summed E-state index contributed by atoms with van der Waals surface area (Å²) in [5.41, 5.74) is 3.33. The average Bonchev–Trinajstić information content (AvgIpc) is 3.49. The molecular weight excluding hydrogens is 406 g/mol. The van der Waals surface area contributed by atoms with Crippen LogP contribution in [-0.2, 0) is 6.54 Å². The highest BCUT2D eigenvalue weighted by atomic mass is 32.1. The number of aromatic nitrogens is 1. The van der Waals surface area contributed by atoms with Crippen LogP contribution in [0.15, 0.2) is 54.7 Å². The van der Waals surface area contributed by atoms with Crippen LogP contribution in [0.2, 0.25) is 0 Å². The lowest BCUT2D eigenvalue weighted by molar-refractivity contribution is 0.0939. The van der Waals surface area contributed by atoms with Crippen molar-refractivity contribution in [1.82, 2.24) is 14.8 Å². The molecule has 0 bridgehead atoms. The molecule has 0 saturated carbocycles. The number of hydrogen-bond donors (Lipinski definition) is 1. The molecule has 5 rings (SSSR count). The first kappa shape index (κ1) is 20.0. The topological polar surface area (TPSA) is 54.3 Å². The van der Waals surface area contributed by atoms with Crippen molar-refractivity contribution >= 4 is 44.1 Å². The van der Waals surface area contributed by atoms with E-state index in [4.69, 9.17) is 0 Å². The Hall–Kier alpha value is -2.96. The lowest BCUT2D eigenvalue weighted by atomic mass is 9.95. The second kappa shape index (κ2) is 7.94. The highest BCUT2D eigenvalue weighted by molar-refractivity contribution is 7.21. The van der Waals surface area contributed by atoms with Crippen molar-refractivity contribution in [2.75, 3.05) is 20.1 Å². The fraction of sp³-hybridized carbons (Fsp3) is 0.280. The molecule has 1 amide bonds. The fourth-order valence-electron chi connectivity index (χ4n) is 4.84. The maximum atomic E-state index is 12.6. The molecule has 1 aliphatic heterocycles. The van der Waals surface area contributed by atoms with Gasteiger partial charge in [-0.25, -0.2) is 0 Å². The van der Waals surface area contributed by atoms with Crippen molar-refractivity contribution in [3.8, 4) is 0 Å². The Bertz CT molecular complexity index is 1300. The van der Waals surface area contributed by atoms with Gasteiger partial charge in [0.1, 0.15) is 0 Å². The fourth-order valence-corrected chi connectivity index (χ4v) is 6.08. The Morgan fingerprint density at radius 1 is 1.10 bits per heavy atom. The summed E-state index contributed by atoms with van der Waals surface area (Å²) in [5, 5.41) is 5.15. The minimum Gasteiger partial charge on any atom is -0.354 e. The van der Waals surface area contributed by atoms with Gasteiger partial charge >= 0.3 is 0 Å². The van der Waals surface area contributed by atoms with Gasteiger partial charge in [0.15, 0.2) is 0 Å². The second-order valence-electron chi connectivity index (χ2n) is 8.20. The molecule has 3 heterocycles. The molecule has 2 aromatic heterocycles. The van der Waals surface area contributed by atoms with E-state index < -0.39 is 0 Å². The van der Waals surface area contributed by atoms with Crippen molar-refractivity contribution in [3.05, 3.63) is 70.7 Å². The minimum absolute atomic E-state index is 0.000761. The standard InChI is InChI=1S/C25H25N3O2S/c1-16(29)28-15-18(19-7-3-5-9-21(19)28)14-27-12-11-17(13-27)23-20-8-4-6-10-22(20)31-24(23)25(30)26-2/h3-10,15,17H,11-14H2,1-2H3,(H,26,30). The van der Waals surface area contributed by atoms with E-state index in [1.54, 1.807) is 29.9 Å². The Kier molecular flexibility index (Phi) is 5.12. The largest absolute Gasteiger partial charge is 0.354 e. The number of carbonyl (C=O) groups is 2. The molecule has 2 aromatic carbocycles. The number of rotatable bonds is 4. The smallest absolute Gasteiger partial charge is 0.261 e. The van der Waals surface area contributed by atoms with Crippen LogP contribution in [0, 0.1) is 0 Å². The van der Waals surface area contributed by atoms with Crippen LogP contribution in [0.5, 0.6) is 0 Å². The van der Waals surface area contributed by atoms with Crippen LogP contribution in [0.4, 0.5) is 0 Å². The maximum absolute atomic E-state index is 12.6. The highest BCUT2D eigenvalue weighted by Crippen LogP contribution is 2.40. The van der Waals surface area contributed by atoms with Gasteiger partial charge in [0.05, 0.1) is 10.4 Å². The van der Waals surface area contributed by atoms with Gasteiger partial charge in [0.25, 0.3) is 5.91 Å². The molecule has 1 aliphatic rings. The SMILES string of the molecule is CNC(=O)c1sc2ccccc2c1C1CCN(Cc2cn(C(C)=O)c3ccccc23)C1. The number of benzene rings is 2. The molecule has 1 fully saturated rings. The van der Waals surface area contributed by atoms with E-state index in [-0.39, 0.29) is 11.8 Å². The summed E-state index contributed by atoms with van der Waals surface area (Å²) in [6, 6.07) is 16.4. The normalized spacial score (nSPS) is 16.9. The monoisotopic (exact) mass is 431 g/mol. The number of thiophene rings is 1. The maximum Gasteiger partial charge on any atom is 0.261 e. The summed E-state index contributed by atoms with van der Waals surface area (Å²) in [4.78, 5) is 28.0. The molecule has 6 heteroatoms. The average molecular weight is 432 g/mol. The van der Waals surface area contributed by atoms with Crippen molar-refractivity contribution in [2.24, 2.45) is 0 Å². The molecule has 31 heavy (non-hydrogen) atoms. The molecular formula is C25H25N3O2S. The zero-order valence-corrected chi connectivity index (χ0v) is 18.5. The molecule has 1 saturated heterocycles. The van der Waals surface area contributed by atoms with Crippen LogP contribution in [0.25, 0.3) is 21.0 Å². The van der Waals surface area contributed by atoms with E-state index in [2.05, 4.69) is 34.5 Å². The quantitative estimate of drug-likeness (QED) is 0.502. The molecule has 5 nitrogen and oxygen atoms in total. The summed E-state index contributed by atoms with van der Waals surface area (Å²) >= 11 is 1.59. The molecule has 1 unspecified atom stereocenters. The predicted octanol–water partition coefficient (Wildman–Crippen LogP) is 4.87. The summed E-state index contributed by atoms with van der Waals surface area (Å²) in [7, 11) is 1.70. The van der Waals surface area contributed by atoms with E-state index in [9.17, 15) is 9.59 Å². The van der Waals surface area contributed by atoms with Crippen molar-refractivity contribution < 1.29 is 9.59 Å². The van der Waals surface area contributed by atoms with Crippen molar-refractivity contribution in [2.45, 2.75) is 25.8 Å². The van der Waals surface area contributed by atoms with Gasteiger partial charge in [-0.1, -0.05) is 36.4 Å². The van der Waals surface area contributed by atoms with Crippen LogP contribution < -0.4 is 5.32 Å². The third kappa shape index (κ3) is 3.46. The first-order chi connectivity index (χ1) is 15.1. The van der Waals surface area contributed by atoms with E-state index in [0.717, 1.165) is 41.8 Å². The molecule has 1 N–H and O–H groups in total. The van der Waals surface area contributed by atoms with E-state index in [1.165, 1.54) is 21.2 Å². The third-order valence-electron chi connectivity index (χ3n) is 6.28. The van der Waals surface area contributed by atoms with E-state index in [0.29, 0.717) is 5.92 Å². The highest BCUT2D eigenvalue weighted by Gasteiger charge is 2.30. The third-order valence-corrected chi connectivity index (χ3v) is 7.46. The Morgan fingerprint density at radius 2 is 1.84 bits per heavy atom. The number of nitrogens with zero attached hydrogens (tertiary/aromatic N) is 2. The predicted molar refractivity (Wildman–Crippen MR) is 126 cm³/mol. The van der Waals surface area contributed by atoms with Gasteiger partial charge < -0.3 is 5.32 Å². The van der Waals surface area contributed by atoms with Crippen LogP contribution in [0.1, 0.15) is 44.9 Å². The molecule has 0 spiro atoms. The lowest BCUT2D eigenvalue weighted by Crippen LogP contribution is -2.21. The van der Waals surface area contributed by atoms with Crippen molar-refractivity contribution in [1.29, 1.82) is 0 Å². The second-order valence-corrected chi connectivity index (χ2v) is 9.25. The first-order valence-electron chi connectivity index (χ1n) is 10.6. The Balaban J connectivity index is 1.45. The first-order valence-corrected chi connectivity index (χ1v) is 11.4. The van der Waals surface area contributed by atoms with Gasteiger partial charge in [-0.15, -0.1) is 11.3 Å². The molecule has 0 aliphatic carbocycles. The molecule has 0 radical (unpaired) electrons. The van der Waals surface area contributed by atoms with E-state index in [1.807, 2.05) is 30.5 Å². The van der Waals surface area contributed by atoms with E-state index >= 15 is 0 Å². The van der Waals surface area contributed by atoms with Gasteiger partial charge in [0.2, 0.25) is 5.91 Å². The minimum atomic E-state index is -0.000761. The number of hydrogen-bond acceptors (Lipinski definition) is 4. The Labute approximate surface area is 185 Å². The van der Waals surface area contributed by atoms with Gasteiger partial charge in [-0.05, 0) is 41.6 Å². The number of likely N-dealkylation sites (tertiary alicyclic amines) is 1.